The summed E-state index contributed by atoms with van der Waals surface area (Å²) >= 11 is 0. The molecule has 0 heterocycles. The van der Waals surface area contributed by atoms with Gasteiger partial charge in [-0.15, -0.1) is 0 Å². The maximum Gasteiger partial charge on any atom is 0.488 e. The molecular weight excluding hydrogens is 341 g/mol. The molecule has 0 unspecified atom stereocenters. The fourth-order valence-corrected chi connectivity index (χ4v) is 3.53. The van der Waals surface area contributed by atoms with Gasteiger partial charge in [0.25, 0.3) is 0 Å². The van der Waals surface area contributed by atoms with Crippen molar-refractivity contribution in [2.24, 2.45) is 0 Å². The Hall–Kier alpha value is -3.09. The molecule has 4 rings (SSSR count). The number of rotatable bonds is 4. The van der Waals surface area contributed by atoms with Gasteiger partial charge in [-0.05, 0) is 39.8 Å². The van der Waals surface area contributed by atoms with Crippen molar-refractivity contribution >= 4 is 24.4 Å². The Labute approximate surface area is 157 Å². The lowest BCUT2D eigenvalue weighted by molar-refractivity contribution is 0.158. The predicted molar refractivity (Wildman–Crippen MR) is 105 cm³/mol. The number of anilines is 1. The molecule has 1 amide bonds. The van der Waals surface area contributed by atoms with Gasteiger partial charge < -0.3 is 14.8 Å². The van der Waals surface area contributed by atoms with E-state index >= 15 is 0 Å². The van der Waals surface area contributed by atoms with Gasteiger partial charge in [0.15, 0.2) is 0 Å². The lowest BCUT2D eigenvalue weighted by Gasteiger charge is -2.14. The summed E-state index contributed by atoms with van der Waals surface area (Å²) in [6, 6.07) is 22.6. The van der Waals surface area contributed by atoms with Crippen LogP contribution < -0.4 is 10.8 Å². The number of hydrogen-bond acceptors (Lipinski definition) is 4. The van der Waals surface area contributed by atoms with Gasteiger partial charge >= 0.3 is 13.2 Å². The molecular formula is C21H18BNO4. The molecule has 3 aromatic rings. The van der Waals surface area contributed by atoms with E-state index in [0.29, 0.717) is 11.2 Å². The lowest BCUT2D eigenvalue weighted by Crippen LogP contribution is -2.30. The van der Waals surface area contributed by atoms with Crippen LogP contribution in [0.1, 0.15) is 17.0 Å². The van der Waals surface area contributed by atoms with Crippen LogP contribution in [-0.2, 0) is 4.74 Å². The van der Waals surface area contributed by atoms with E-state index in [9.17, 15) is 14.8 Å². The predicted octanol–water partition coefficient (Wildman–Crippen LogP) is 2.73. The third kappa shape index (κ3) is 3.45. The van der Waals surface area contributed by atoms with E-state index in [0.717, 1.165) is 11.1 Å². The van der Waals surface area contributed by atoms with Gasteiger partial charge in [0.1, 0.15) is 6.61 Å². The molecule has 5 nitrogen and oxygen atoms in total. The van der Waals surface area contributed by atoms with E-state index in [1.54, 1.807) is 18.2 Å². The van der Waals surface area contributed by atoms with Gasteiger partial charge in [0.2, 0.25) is 0 Å². The molecule has 3 aromatic carbocycles. The van der Waals surface area contributed by atoms with Crippen molar-refractivity contribution in [3.8, 4) is 11.1 Å². The average molecular weight is 359 g/mol. The zero-order chi connectivity index (χ0) is 18.8. The second-order valence-electron chi connectivity index (χ2n) is 6.45. The number of hydrogen-bond donors (Lipinski definition) is 3. The quantitative estimate of drug-likeness (QED) is 0.626. The van der Waals surface area contributed by atoms with Crippen LogP contribution in [0.3, 0.4) is 0 Å². The summed E-state index contributed by atoms with van der Waals surface area (Å²) in [4.78, 5) is 12.2. The number of ether oxygens (including phenoxy) is 1. The minimum Gasteiger partial charge on any atom is -0.448 e. The third-order valence-electron chi connectivity index (χ3n) is 4.77. The van der Waals surface area contributed by atoms with Crippen LogP contribution in [0.4, 0.5) is 10.5 Å². The monoisotopic (exact) mass is 359 g/mol. The first-order valence-corrected chi connectivity index (χ1v) is 8.71. The van der Waals surface area contributed by atoms with Crippen LogP contribution in [0.25, 0.3) is 11.1 Å². The number of fused-ring (bicyclic) bond motifs is 3. The van der Waals surface area contributed by atoms with Crippen LogP contribution in [-0.4, -0.2) is 29.9 Å². The summed E-state index contributed by atoms with van der Waals surface area (Å²) in [6.07, 6.45) is -0.582. The first kappa shape index (κ1) is 17.3. The van der Waals surface area contributed by atoms with Crippen LogP contribution in [0.15, 0.2) is 72.8 Å². The minimum absolute atomic E-state index is 0.00579. The molecule has 1 aliphatic carbocycles. The highest BCUT2D eigenvalue weighted by Gasteiger charge is 2.29. The molecule has 0 bridgehead atoms. The number of amides is 1. The second kappa shape index (κ2) is 7.27. The Morgan fingerprint density at radius 3 is 2.19 bits per heavy atom. The highest BCUT2D eigenvalue weighted by atomic mass is 16.5. The van der Waals surface area contributed by atoms with Crippen molar-refractivity contribution in [2.45, 2.75) is 5.92 Å². The fourth-order valence-electron chi connectivity index (χ4n) is 3.53. The first-order chi connectivity index (χ1) is 13.1. The highest BCUT2D eigenvalue weighted by molar-refractivity contribution is 6.58. The molecule has 0 aromatic heterocycles. The van der Waals surface area contributed by atoms with E-state index in [1.807, 2.05) is 24.3 Å². The summed E-state index contributed by atoms with van der Waals surface area (Å²) in [7, 11) is -1.59. The molecule has 0 spiro atoms. The fraction of sp³-hybridized carbons (Fsp3) is 0.0952. The molecule has 0 radical (unpaired) electrons. The van der Waals surface area contributed by atoms with E-state index in [4.69, 9.17) is 4.74 Å². The Bertz CT molecular complexity index is 944. The van der Waals surface area contributed by atoms with Gasteiger partial charge in [-0.25, -0.2) is 4.79 Å². The molecule has 6 heteroatoms. The van der Waals surface area contributed by atoms with Crippen molar-refractivity contribution in [1.82, 2.24) is 0 Å². The molecule has 1 aliphatic rings. The minimum atomic E-state index is -1.59. The standard InChI is InChI=1S/C21H18BNO4/c24-21(23-15-7-5-6-14(12-15)22(25)26)27-13-20-18-10-3-1-8-16(18)17-9-2-4-11-19(17)20/h1-12,20,25-26H,13H2,(H,23,24). The molecule has 0 aliphatic heterocycles. The normalized spacial score (nSPS) is 12.2. The molecule has 0 atom stereocenters. The highest BCUT2D eigenvalue weighted by Crippen LogP contribution is 2.44. The maximum atomic E-state index is 12.2. The molecule has 27 heavy (non-hydrogen) atoms. The smallest absolute Gasteiger partial charge is 0.448 e. The molecule has 0 saturated carbocycles. The summed E-state index contributed by atoms with van der Waals surface area (Å²) < 4.78 is 5.47. The maximum absolute atomic E-state index is 12.2. The number of benzene rings is 3. The van der Waals surface area contributed by atoms with Crippen LogP contribution >= 0.6 is 0 Å². The second-order valence-corrected chi connectivity index (χ2v) is 6.45. The van der Waals surface area contributed by atoms with E-state index in [1.165, 1.54) is 17.2 Å². The Morgan fingerprint density at radius 1 is 0.926 bits per heavy atom. The van der Waals surface area contributed by atoms with Crippen molar-refractivity contribution in [2.75, 3.05) is 11.9 Å². The summed E-state index contributed by atoms with van der Waals surface area (Å²) in [5.41, 5.74) is 5.39. The number of carbonyl (C=O) groups is 1. The van der Waals surface area contributed by atoms with Crippen molar-refractivity contribution in [3.05, 3.63) is 83.9 Å². The van der Waals surface area contributed by atoms with Crippen LogP contribution in [0.2, 0.25) is 0 Å². The van der Waals surface area contributed by atoms with Gasteiger partial charge in [-0.1, -0.05) is 60.7 Å². The number of carbonyl (C=O) groups excluding carboxylic acids is 1. The van der Waals surface area contributed by atoms with Gasteiger partial charge in [-0.2, -0.15) is 0 Å². The van der Waals surface area contributed by atoms with Crippen molar-refractivity contribution in [3.63, 3.8) is 0 Å². The van der Waals surface area contributed by atoms with Crippen LogP contribution in [0, 0.1) is 0 Å². The zero-order valence-corrected chi connectivity index (χ0v) is 14.5. The van der Waals surface area contributed by atoms with E-state index in [2.05, 4.69) is 29.6 Å². The Morgan fingerprint density at radius 2 is 1.56 bits per heavy atom. The zero-order valence-electron chi connectivity index (χ0n) is 14.5. The van der Waals surface area contributed by atoms with Crippen molar-refractivity contribution in [1.29, 1.82) is 0 Å². The van der Waals surface area contributed by atoms with Crippen molar-refractivity contribution < 1.29 is 19.6 Å². The summed E-state index contributed by atoms with van der Waals surface area (Å²) in [6.45, 7) is 0.224. The topological polar surface area (TPSA) is 78.8 Å². The molecule has 134 valence electrons. The van der Waals surface area contributed by atoms with Gasteiger partial charge in [0, 0.05) is 11.6 Å². The SMILES string of the molecule is O=C(Nc1cccc(B(O)O)c1)OCC1c2ccccc2-c2ccccc21. The summed E-state index contributed by atoms with van der Waals surface area (Å²) in [5, 5.41) is 21.1. The van der Waals surface area contributed by atoms with Crippen LogP contribution in [0.5, 0.6) is 0 Å². The van der Waals surface area contributed by atoms with Gasteiger partial charge in [-0.3, -0.25) is 5.32 Å². The summed E-state index contributed by atoms with van der Waals surface area (Å²) in [5.74, 6) is -0.00579. The Balaban J connectivity index is 1.47. The van der Waals surface area contributed by atoms with E-state index in [-0.39, 0.29) is 12.5 Å². The largest absolute Gasteiger partial charge is 0.488 e. The first-order valence-electron chi connectivity index (χ1n) is 8.71. The molecule has 0 saturated heterocycles. The average Bonchev–Trinajstić information content (AvgIpc) is 3.00. The lowest BCUT2D eigenvalue weighted by atomic mass is 9.80. The van der Waals surface area contributed by atoms with Gasteiger partial charge in [0.05, 0.1) is 0 Å². The number of nitrogens with one attached hydrogen (secondary N) is 1. The van der Waals surface area contributed by atoms with E-state index < -0.39 is 13.2 Å². The Kier molecular flexibility index (Phi) is 4.67. The molecule has 0 fully saturated rings. The third-order valence-corrected chi connectivity index (χ3v) is 4.77. The molecule has 3 N–H and O–H groups in total.